The van der Waals surface area contributed by atoms with Gasteiger partial charge in [0.05, 0.1) is 17.9 Å². The number of rotatable bonds is 7. The summed E-state index contributed by atoms with van der Waals surface area (Å²) in [5, 5.41) is 8.47. The van der Waals surface area contributed by atoms with E-state index >= 15 is 0 Å². The number of thiazole rings is 1. The van der Waals surface area contributed by atoms with Gasteiger partial charge in [0, 0.05) is 35.2 Å². The number of anilines is 3. The van der Waals surface area contributed by atoms with Crippen molar-refractivity contribution < 1.29 is 19.1 Å². The summed E-state index contributed by atoms with van der Waals surface area (Å²) in [6.07, 6.45) is 0.925. The predicted molar refractivity (Wildman–Crippen MR) is 140 cm³/mol. The van der Waals surface area contributed by atoms with E-state index in [4.69, 9.17) is 4.74 Å². The number of amides is 2. The van der Waals surface area contributed by atoms with Gasteiger partial charge in [-0.2, -0.15) is 0 Å². The number of fused-ring (bicyclic) bond motifs is 2. The van der Waals surface area contributed by atoms with Gasteiger partial charge in [0.2, 0.25) is 5.91 Å². The van der Waals surface area contributed by atoms with Crippen LogP contribution in [0.5, 0.6) is 0 Å². The second-order valence-corrected chi connectivity index (χ2v) is 9.15. The molecule has 1 aliphatic heterocycles. The molecule has 9 nitrogen and oxygen atoms in total. The number of nitrogens with one attached hydrogen (secondary N) is 2. The molecule has 1 aliphatic rings. The molecule has 1 unspecified atom stereocenters. The van der Waals surface area contributed by atoms with E-state index in [9.17, 15) is 14.4 Å². The van der Waals surface area contributed by atoms with Gasteiger partial charge < -0.3 is 15.4 Å². The van der Waals surface area contributed by atoms with E-state index in [0.29, 0.717) is 39.0 Å². The fourth-order valence-corrected chi connectivity index (χ4v) is 4.85. The number of nitrogens with zero attached hydrogens (tertiary/aromatic N) is 3. The van der Waals surface area contributed by atoms with Crippen LogP contribution in [0.1, 0.15) is 40.2 Å². The smallest absolute Gasteiger partial charge is 0.303 e. The first kappa shape index (κ1) is 24.1. The van der Waals surface area contributed by atoms with Crippen molar-refractivity contribution in [2.75, 3.05) is 16.8 Å². The first-order valence-corrected chi connectivity index (χ1v) is 12.4. The van der Waals surface area contributed by atoms with Crippen molar-refractivity contribution in [1.82, 2.24) is 15.3 Å². The lowest BCUT2D eigenvalue weighted by Crippen LogP contribution is -2.40. The first-order chi connectivity index (χ1) is 18.0. The fraction of sp³-hybridized carbons (Fsp3) is 0.148. The average Bonchev–Trinajstić information content (AvgIpc) is 3.33. The van der Waals surface area contributed by atoms with E-state index in [1.807, 2.05) is 29.6 Å². The molecule has 0 bridgehead atoms. The van der Waals surface area contributed by atoms with Crippen LogP contribution in [0.15, 0.2) is 78.3 Å². The third-order valence-corrected chi connectivity index (χ3v) is 6.54. The summed E-state index contributed by atoms with van der Waals surface area (Å²) < 4.78 is 5.64. The highest BCUT2D eigenvalue weighted by Gasteiger charge is 2.34. The summed E-state index contributed by atoms with van der Waals surface area (Å²) in [5.41, 5.74) is 2.78. The Bertz CT molecular complexity index is 1460. The molecule has 0 saturated heterocycles. The Balaban J connectivity index is 1.34. The van der Waals surface area contributed by atoms with Crippen LogP contribution >= 0.6 is 11.3 Å². The molecule has 2 aromatic carbocycles. The molecular formula is C27H23N5O4S. The molecule has 2 amide bonds. The highest BCUT2D eigenvalue weighted by molar-refractivity contribution is 7.13. The average molecular weight is 514 g/mol. The van der Waals surface area contributed by atoms with Gasteiger partial charge in [-0.25, -0.2) is 9.97 Å². The molecule has 186 valence electrons. The van der Waals surface area contributed by atoms with Crippen LogP contribution < -0.4 is 15.5 Å². The van der Waals surface area contributed by atoms with Crippen molar-refractivity contribution in [3.8, 4) is 0 Å². The SMILES string of the molecule is CC(=O)OC1c2ccccc2C(=O)N(CC(=O)NCc2csc(Nc3ccccn3)n2)c2ccccc21. The van der Waals surface area contributed by atoms with Gasteiger partial charge >= 0.3 is 5.97 Å². The molecule has 3 heterocycles. The van der Waals surface area contributed by atoms with E-state index in [0.717, 1.165) is 0 Å². The predicted octanol–water partition coefficient (Wildman–Crippen LogP) is 4.21. The zero-order valence-corrected chi connectivity index (χ0v) is 20.7. The summed E-state index contributed by atoms with van der Waals surface area (Å²) in [6.45, 7) is 1.33. The lowest BCUT2D eigenvalue weighted by Gasteiger charge is -2.23. The highest BCUT2D eigenvalue weighted by atomic mass is 32.1. The first-order valence-electron chi connectivity index (χ1n) is 11.6. The quantitative estimate of drug-likeness (QED) is 0.356. The zero-order valence-electron chi connectivity index (χ0n) is 19.9. The summed E-state index contributed by atoms with van der Waals surface area (Å²) in [7, 11) is 0. The van der Waals surface area contributed by atoms with E-state index < -0.39 is 12.1 Å². The number of ether oxygens (including phenoxy) is 1. The van der Waals surface area contributed by atoms with Crippen LogP contribution in [0.25, 0.3) is 0 Å². The Hall–Kier alpha value is -4.57. The van der Waals surface area contributed by atoms with Crippen LogP contribution in [0, 0.1) is 0 Å². The lowest BCUT2D eigenvalue weighted by molar-refractivity contribution is -0.144. The van der Waals surface area contributed by atoms with Crippen molar-refractivity contribution >= 4 is 45.8 Å². The molecule has 37 heavy (non-hydrogen) atoms. The molecule has 2 N–H and O–H groups in total. The molecular weight excluding hydrogens is 490 g/mol. The topological polar surface area (TPSA) is 114 Å². The second-order valence-electron chi connectivity index (χ2n) is 8.29. The van der Waals surface area contributed by atoms with Gasteiger partial charge in [0.25, 0.3) is 5.91 Å². The van der Waals surface area contributed by atoms with Gasteiger partial charge in [-0.1, -0.05) is 42.5 Å². The van der Waals surface area contributed by atoms with Gasteiger partial charge in [-0.15, -0.1) is 11.3 Å². The minimum absolute atomic E-state index is 0.204. The third-order valence-electron chi connectivity index (χ3n) is 5.73. The van der Waals surface area contributed by atoms with Crippen LogP contribution in [0.2, 0.25) is 0 Å². The molecule has 0 spiro atoms. The second kappa shape index (κ2) is 10.6. The van der Waals surface area contributed by atoms with Crippen LogP contribution in [-0.4, -0.2) is 34.3 Å². The van der Waals surface area contributed by atoms with Crippen molar-refractivity contribution in [3.05, 3.63) is 101 Å². The molecule has 0 saturated carbocycles. The minimum atomic E-state index is -0.762. The maximum Gasteiger partial charge on any atom is 0.303 e. The number of benzene rings is 2. The van der Waals surface area contributed by atoms with Crippen molar-refractivity contribution in [2.24, 2.45) is 0 Å². The normalized spacial score (nSPS) is 14.2. The number of aromatic nitrogens is 2. The highest BCUT2D eigenvalue weighted by Crippen LogP contribution is 2.39. The van der Waals surface area contributed by atoms with Crippen molar-refractivity contribution in [2.45, 2.75) is 19.6 Å². The van der Waals surface area contributed by atoms with Gasteiger partial charge in [0.15, 0.2) is 11.2 Å². The Labute approximate surface area is 217 Å². The Morgan fingerprint density at radius 1 is 1.03 bits per heavy atom. The molecule has 10 heteroatoms. The molecule has 0 radical (unpaired) electrons. The number of carbonyl (C=O) groups is 3. The standard InChI is InChI=1S/C27H23N5O4S/c1-17(33)36-25-19-8-2-3-9-20(19)26(35)32(22-11-5-4-10-21(22)25)15-24(34)29-14-18-16-37-27(30-18)31-23-12-6-7-13-28-23/h2-13,16,25H,14-15H2,1H3,(H,29,34)(H,28,30,31). The maximum absolute atomic E-state index is 13.6. The van der Waals surface area contributed by atoms with Gasteiger partial charge in [-0.3, -0.25) is 19.3 Å². The van der Waals surface area contributed by atoms with Crippen molar-refractivity contribution in [1.29, 1.82) is 0 Å². The molecule has 0 aliphatic carbocycles. The van der Waals surface area contributed by atoms with E-state index in [-0.39, 0.29) is 24.9 Å². The Kier molecular flexibility index (Phi) is 6.91. The summed E-state index contributed by atoms with van der Waals surface area (Å²) in [5.74, 6) is -0.478. The van der Waals surface area contributed by atoms with Gasteiger partial charge in [-0.05, 0) is 24.3 Å². The molecule has 2 aromatic heterocycles. The lowest BCUT2D eigenvalue weighted by atomic mass is 9.97. The summed E-state index contributed by atoms with van der Waals surface area (Å²) in [6, 6.07) is 19.7. The van der Waals surface area contributed by atoms with E-state index in [2.05, 4.69) is 20.6 Å². The number of carbonyl (C=O) groups excluding carboxylic acids is 3. The fourth-order valence-electron chi connectivity index (χ4n) is 4.13. The molecule has 5 rings (SSSR count). The number of pyridine rings is 1. The molecule has 4 aromatic rings. The van der Waals surface area contributed by atoms with Crippen LogP contribution in [-0.2, 0) is 20.9 Å². The minimum Gasteiger partial charge on any atom is -0.453 e. The number of hydrogen-bond donors (Lipinski definition) is 2. The summed E-state index contributed by atoms with van der Waals surface area (Å²) in [4.78, 5) is 48.6. The molecule has 1 atom stereocenters. The maximum atomic E-state index is 13.6. The van der Waals surface area contributed by atoms with Gasteiger partial charge in [0.1, 0.15) is 12.4 Å². The van der Waals surface area contributed by atoms with Crippen LogP contribution in [0.4, 0.5) is 16.6 Å². The number of hydrogen-bond acceptors (Lipinski definition) is 8. The third kappa shape index (κ3) is 5.34. The molecule has 0 fully saturated rings. The largest absolute Gasteiger partial charge is 0.453 e. The van der Waals surface area contributed by atoms with E-state index in [1.54, 1.807) is 48.7 Å². The number of para-hydroxylation sites is 1. The monoisotopic (exact) mass is 513 g/mol. The summed E-state index contributed by atoms with van der Waals surface area (Å²) >= 11 is 1.40. The van der Waals surface area contributed by atoms with E-state index in [1.165, 1.54) is 23.2 Å². The number of esters is 1. The zero-order chi connectivity index (χ0) is 25.8. The van der Waals surface area contributed by atoms with Crippen molar-refractivity contribution in [3.63, 3.8) is 0 Å². The Morgan fingerprint density at radius 2 is 1.78 bits per heavy atom. The Morgan fingerprint density at radius 3 is 2.57 bits per heavy atom. The van der Waals surface area contributed by atoms with Crippen LogP contribution in [0.3, 0.4) is 0 Å².